The van der Waals surface area contributed by atoms with E-state index in [-0.39, 0.29) is 0 Å². The molecule has 0 N–H and O–H groups in total. The summed E-state index contributed by atoms with van der Waals surface area (Å²) in [5, 5.41) is 0. The van der Waals surface area contributed by atoms with Crippen LogP contribution in [-0.2, 0) is 9.53 Å². The van der Waals surface area contributed by atoms with Gasteiger partial charge in [-0.25, -0.2) is 0 Å². The van der Waals surface area contributed by atoms with E-state index in [4.69, 9.17) is 4.74 Å². The number of morpholine rings is 1. The number of piperidine rings is 1. The molecule has 0 aromatic heterocycles. The number of nitrogens with zero attached hydrogens (tertiary/aromatic N) is 3. The lowest BCUT2D eigenvalue weighted by atomic mass is 9.93. The molecule has 5 rings (SSSR count). The SMILES string of the molecule is O=C(CCN1c2ccccc2Sc2ccccc21)N1CCC(CCN2CCOCC2)CC1. The van der Waals surface area contributed by atoms with Gasteiger partial charge in [-0.1, -0.05) is 36.0 Å². The fourth-order valence-corrected chi connectivity index (χ4v) is 6.14. The minimum absolute atomic E-state index is 0.296. The Balaban J connectivity index is 1.13. The number of carbonyl (C=O) groups excluding carboxylic acids is 1. The van der Waals surface area contributed by atoms with Crippen LogP contribution in [-0.4, -0.2) is 68.2 Å². The van der Waals surface area contributed by atoms with Crippen molar-refractivity contribution in [2.24, 2.45) is 5.92 Å². The Morgan fingerprint density at radius 1 is 0.875 bits per heavy atom. The number of carbonyl (C=O) groups is 1. The molecule has 5 nitrogen and oxygen atoms in total. The molecule has 0 atom stereocenters. The lowest BCUT2D eigenvalue weighted by Crippen LogP contribution is -2.41. The summed E-state index contributed by atoms with van der Waals surface area (Å²) in [7, 11) is 0. The molecule has 3 heterocycles. The van der Waals surface area contributed by atoms with Crippen molar-refractivity contribution in [2.45, 2.75) is 35.5 Å². The smallest absolute Gasteiger partial charge is 0.224 e. The van der Waals surface area contributed by atoms with Gasteiger partial charge in [0.15, 0.2) is 0 Å². The van der Waals surface area contributed by atoms with Crippen LogP contribution in [0.5, 0.6) is 0 Å². The van der Waals surface area contributed by atoms with E-state index in [2.05, 4.69) is 63.2 Å². The van der Waals surface area contributed by atoms with Gasteiger partial charge < -0.3 is 14.5 Å². The zero-order chi connectivity index (χ0) is 21.8. The van der Waals surface area contributed by atoms with Gasteiger partial charge in [-0.2, -0.15) is 0 Å². The Morgan fingerprint density at radius 3 is 2.16 bits per heavy atom. The minimum atomic E-state index is 0.296. The van der Waals surface area contributed by atoms with E-state index in [0.717, 1.165) is 64.7 Å². The zero-order valence-electron chi connectivity index (χ0n) is 18.7. The molecule has 0 radical (unpaired) electrons. The molecule has 1 amide bonds. The highest BCUT2D eigenvalue weighted by Gasteiger charge is 2.26. The van der Waals surface area contributed by atoms with Gasteiger partial charge in [0.1, 0.15) is 0 Å². The number of likely N-dealkylation sites (tertiary alicyclic amines) is 1. The van der Waals surface area contributed by atoms with Gasteiger partial charge in [0.05, 0.1) is 24.6 Å². The average Bonchev–Trinajstić information content (AvgIpc) is 2.86. The van der Waals surface area contributed by atoms with E-state index in [1.54, 1.807) is 0 Å². The summed E-state index contributed by atoms with van der Waals surface area (Å²) in [6.45, 7) is 7.61. The molecule has 0 saturated carbocycles. The predicted octanol–water partition coefficient (Wildman–Crippen LogP) is 4.64. The third-order valence-electron chi connectivity index (χ3n) is 7.01. The van der Waals surface area contributed by atoms with E-state index in [0.29, 0.717) is 12.3 Å². The summed E-state index contributed by atoms with van der Waals surface area (Å²) in [6, 6.07) is 17.0. The number of hydrogen-bond acceptors (Lipinski definition) is 5. The highest BCUT2D eigenvalue weighted by atomic mass is 32.2. The zero-order valence-corrected chi connectivity index (χ0v) is 19.6. The Kier molecular flexibility index (Phi) is 7.00. The lowest BCUT2D eigenvalue weighted by Gasteiger charge is -2.35. The Bertz CT molecular complexity index is 877. The van der Waals surface area contributed by atoms with Crippen molar-refractivity contribution in [1.82, 2.24) is 9.80 Å². The molecule has 2 saturated heterocycles. The first kappa shape index (κ1) is 21.8. The number of ether oxygens (including phenoxy) is 1. The summed E-state index contributed by atoms with van der Waals surface area (Å²) in [4.78, 5) is 22.5. The number of benzene rings is 2. The van der Waals surface area contributed by atoms with Crippen LogP contribution in [0.25, 0.3) is 0 Å². The Labute approximate surface area is 195 Å². The average molecular weight is 452 g/mol. The maximum absolute atomic E-state index is 13.0. The molecule has 2 aromatic carbocycles. The van der Waals surface area contributed by atoms with Crippen LogP contribution in [0, 0.1) is 5.92 Å². The molecule has 0 unspecified atom stereocenters. The maximum atomic E-state index is 13.0. The summed E-state index contributed by atoms with van der Waals surface area (Å²) >= 11 is 1.82. The van der Waals surface area contributed by atoms with Crippen molar-refractivity contribution >= 4 is 29.0 Å². The maximum Gasteiger partial charge on any atom is 0.224 e. The fourth-order valence-electron chi connectivity index (χ4n) is 5.05. The minimum Gasteiger partial charge on any atom is -0.379 e. The van der Waals surface area contributed by atoms with Gasteiger partial charge in [-0.3, -0.25) is 9.69 Å². The molecule has 170 valence electrons. The second-order valence-electron chi connectivity index (χ2n) is 9.01. The molecule has 0 aliphatic carbocycles. The van der Waals surface area contributed by atoms with Crippen molar-refractivity contribution in [3.63, 3.8) is 0 Å². The number of amides is 1. The van der Waals surface area contributed by atoms with Crippen LogP contribution in [0.4, 0.5) is 11.4 Å². The van der Waals surface area contributed by atoms with E-state index in [9.17, 15) is 4.79 Å². The van der Waals surface area contributed by atoms with E-state index in [1.165, 1.54) is 34.1 Å². The van der Waals surface area contributed by atoms with Crippen LogP contribution in [0.2, 0.25) is 0 Å². The van der Waals surface area contributed by atoms with E-state index in [1.807, 2.05) is 11.8 Å². The number of hydrogen-bond donors (Lipinski definition) is 0. The number of para-hydroxylation sites is 2. The summed E-state index contributed by atoms with van der Waals surface area (Å²) in [5.41, 5.74) is 2.43. The number of fused-ring (bicyclic) bond motifs is 2. The largest absolute Gasteiger partial charge is 0.379 e. The monoisotopic (exact) mass is 451 g/mol. The van der Waals surface area contributed by atoms with Crippen LogP contribution < -0.4 is 4.90 Å². The van der Waals surface area contributed by atoms with Gasteiger partial charge in [-0.05, 0) is 56.0 Å². The van der Waals surface area contributed by atoms with Gasteiger partial charge in [0.2, 0.25) is 5.91 Å². The van der Waals surface area contributed by atoms with Crippen molar-refractivity contribution in [2.75, 3.05) is 57.4 Å². The van der Waals surface area contributed by atoms with E-state index >= 15 is 0 Å². The fraction of sp³-hybridized carbons (Fsp3) is 0.500. The molecule has 0 bridgehead atoms. The second kappa shape index (κ2) is 10.3. The van der Waals surface area contributed by atoms with Gasteiger partial charge in [-0.15, -0.1) is 0 Å². The third-order valence-corrected chi connectivity index (χ3v) is 8.14. The van der Waals surface area contributed by atoms with Crippen LogP contribution in [0.3, 0.4) is 0 Å². The predicted molar refractivity (Wildman–Crippen MR) is 130 cm³/mol. The lowest BCUT2D eigenvalue weighted by molar-refractivity contribution is -0.132. The normalized spacial score (nSPS) is 19.5. The molecule has 3 aliphatic rings. The highest BCUT2D eigenvalue weighted by molar-refractivity contribution is 7.99. The van der Waals surface area contributed by atoms with Gasteiger partial charge in [0, 0.05) is 48.9 Å². The Hall–Kier alpha value is -2.02. The number of anilines is 2. The van der Waals surface area contributed by atoms with Crippen LogP contribution in [0.15, 0.2) is 58.3 Å². The van der Waals surface area contributed by atoms with Crippen molar-refractivity contribution in [1.29, 1.82) is 0 Å². The van der Waals surface area contributed by atoms with Gasteiger partial charge >= 0.3 is 0 Å². The topological polar surface area (TPSA) is 36.0 Å². The standard InChI is InChI=1S/C26H33N3O2S/c30-26(28-14-10-21(11-15-28)9-13-27-17-19-31-20-18-27)12-16-29-22-5-1-3-7-24(22)32-25-8-4-2-6-23(25)29/h1-8,21H,9-20H2. The molecule has 32 heavy (non-hydrogen) atoms. The molecule has 6 heteroatoms. The summed E-state index contributed by atoms with van der Waals surface area (Å²) in [6.07, 6.45) is 4.09. The molecular formula is C26H33N3O2S. The van der Waals surface area contributed by atoms with Crippen molar-refractivity contribution < 1.29 is 9.53 Å². The first-order valence-corrected chi connectivity index (χ1v) is 12.8. The van der Waals surface area contributed by atoms with Crippen molar-refractivity contribution in [3.8, 4) is 0 Å². The molecule has 2 aromatic rings. The molecule has 2 fully saturated rings. The summed E-state index contributed by atoms with van der Waals surface area (Å²) in [5.74, 6) is 1.05. The summed E-state index contributed by atoms with van der Waals surface area (Å²) < 4.78 is 5.45. The first-order valence-electron chi connectivity index (χ1n) is 12.0. The van der Waals surface area contributed by atoms with Crippen LogP contribution >= 0.6 is 11.8 Å². The quantitative estimate of drug-likeness (QED) is 0.639. The molecule has 0 spiro atoms. The third kappa shape index (κ3) is 4.98. The Morgan fingerprint density at radius 2 is 1.50 bits per heavy atom. The molecule has 3 aliphatic heterocycles. The van der Waals surface area contributed by atoms with Crippen molar-refractivity contribution in [3.05, 3.63) is 48.5 Å². The first-order chi connectivity index (χ1) is 15.8. The molecular weight excluding hydrogens is 418 g/mol. The van der Waals surface area contributed by atoms with Gasteiger partial charge in [0.25, 0.3) is 0 Å². The highest BCUT2D eigenvalue weighted by Crippen LogP contribution is 2.47. The van der Waals surface area contributed by atoms with E-state index < -0.39 is 0 Å². The van der Waals surface area contributed by atoms with Crippen LogP contribution in [0.1, 0.15) is 25.7 Å². The second-order valence-corrected chi connectivity index (χ2v) is 10.1. The number of rotatable bonds is 6.